The van der Waals surface area contributed by atoms with Crippen molar-refractivity contribution in [1.29, 1.82) is 0 Å². The van der Waals surface area contributed by atoms with E-state index in [1.54, 1.807) is 6.33 Å². The molecule has 1 saturated carbocycles. The molecule has 0 radical (unpaired) electrons. The first-order valence-electron chi connectivity index (χ1n) is 10.7. The summed E-state index contributed by atoms with van der Waals surface area (Å²) in [4.78, 5) is 13.1. The summed E-state index contributed by atoms with van der Waals surface area (Å²) in [5.41, 5.74) is 9.16. The zero-order valence-electron chi connectivity index (χ0n) is 17.5. The Morgan fingerprint density at radius 2 is 1.62 bits per heavy atom. The average molecular weight is 431 g/mol. The molecule has 0 aliphatic heterocycles. The van der Waals surface area contributed by atoms with Crippen LogP contribution < -0.4 is 10.5 Å². The minimum Gasteiger partial charge on any atom is -0.471 e. The molecular weight excluding hydrogens is 406 g/mol. The molecule has 3 unspecified atom stereocenters. The Morgan fingerprint density at radius 1 is 0.938 bits per heavy atom. The molecule has 32 heavy (non-hydrogen) atoms. The molecule has 2 aromatic carbocycles. The van der Waals surface area contributed by atoms with Crippen LogP contribution in [0.3, 0.4) is 0 Å². The highest BCUT2D eigenvalue weighted by Crippen LogP contribution is 2.36. The summed E-state index contributed by atoms with van der Waals surface area (Å²) in [6, 6.07) is 19.6. The van der Waals surface area contributed by atoms with E-state index in [0.29, 0.717) is 43.1 Å². The Labute approximate surface area is 185 Å². The van der Waals surface area contributed by atoms with Gasteiger partial charge < -0.3 is 24.9 Å². The Morgan fingerprint density at radius 3 is 2.34 bits per heavy atom. The van der Waals surface area contributed by atoms with Crippen LogP contribution in [0.2, 0.25) is 0 Å². The van der Waals surface area contributed by atoms with Crippen molar-refractivity contribution in [3.8, 4) is 5.88 Å². The van der Waals surface area contributed by atoms with E-state index in [1.807, 2.05) is 65.2 Å². The second-order valence-electron chi connectivity index (χ2n) is 8.01. The maximum Gasteiger partial charge on any atom is 0.247 e. The van der Waals surface area contributed by atoms with Gasteiger partial charge >= 0.3 is 0 Å². The second kappa shape index (κ2) is 8.94. The number of benzene rings is 2. The second-order valence-corrected chi connectivity index (χ2v) is 8.01. The molecule has 1 aliphatic carbocycles. The predicted octanol–water partition coefficient (Wildman–Crippen LogP) is 3.27. The number of aromatic nitrogens is 4. The molecule has 3 atom stereocenters. The van der Waals surface area contributed by atoms with Crippen LogP contribution in [0.5, 0.6) is 5.88 Å². The van der Waals surface area contributed by atoms with E-state index in [4.69, 9.17) is 15.2 Å². The van der Waals surface area contributed by atoms with Crippen LogP contribution in [0.25, 0.3) is 11.2 Å². The number of ether oxygens (including phenoxy) is 2. The van der Waals surface area contributed by atoms with E-state index < -0.39 is 6.10 Å². The summed E-state index contributed by atoms with van der Waals surface area (Å²) in [5, 5.41) is 10.7. The third-order valence-electron chi connectivity index (χ3n) is 5.76. The van der Waals surface area contributed by atoms with Crippen LogP contribution in [0, 0.1) is 0 Å². The Kier molecular flexibility index (Phi) is 5.70. The van der Waals surface area contributed by atoms with Crippen molar-refractivity contribution in [3.05, 3.63) is 78.1 Å². The number of hydrogen-bond donors (Lipinski definition) is 2. The van der Waals surface area contributed by atoms with Gasteiger partial charge in [-0.05, 0) is 17.5 Å². The van der Waals surface area contributed by atoms with Crippen LogP contribution in [0.1, 0.15) is 30.0 Å². The van der Waals surface area contributed by atoms with Crippen molar-refractivity contribution in [2.45, 2.75) is 44.3 Å². The smallest absolute Gasteiger partial charge is 0.247 e. The van der Waals surface area contributed by atoms with Crippen LogP contribution in [-0.2, 0) is 18.0 Å². The number of aliphatic hydroxyl groups excluding tert-OH is 1. The van der Waals surface area contributed by atoms with Gasteiger partial charge in [0.1, 0.15) is 6.61 Å². The lowest BCUT2D eigenvalue weighted by Gasteiger charge is -2.16. The molecule has 0 saturated heterocycles. The van der Waals surface area contributed by atoms with Gasteiger partial charge in [-0.15, -0.1) is 0 Å². The summed E-state index contributed by atoms with van der Waals surface area (Å²) < 4.78 is 13.8. The first-order chi connectivity index (χ1) is 15.7. The molecule has 2 heterocycles. The van der Waals surface area contributed by atoms with Crippen molar-refractivity contribution in [2.75, 3.05) is 5.73 Å². The number of nitrogens with two attached hydrogens (primary N) is 1. The zero-order chi connectivity index (χ0) is 21.9. The van der Waals surface area contributed by atoms with Gasteiger partial charge in [0.15, 0.2) is 11.2 Å². The highest BCUT2D eigenvalue weighted by Gasteiger charge is 2.36. The lowest BCUT2D eigenvalue weighted by atomic mass is 10.2. The largest absolute Gasteiger partial charge is 0.471 e. The predicted molar refractivity (Wildman–Crippen MR) is 120 cm³/mol. The summed E-state index contributed by atoms with van der Waals surface area (Å²) in [6.07, 6.45) is 2.25. The molecule has 1 aliphatic rings. The number of fused-ring (bicyclic) bond motifs is 1. The summed E-state index contributed by atoms with van der Waals surface area (Å²) >= 11 is 0. The quantitative estimate of drug-likeness (QED) is 0.462. The van der Waals surface area contributed by atoms with E-state index in [2.05, 4.69) is 15.0 Å². The molecule has 2 aromatic heterocycles. The summed E-state index contributed by atoms with van der Waals surface area (Å²) in [5.74, 6) is 0.436. The zero-order valence-corrected chi connectivity index (χ0v) is 17.5. The summed E-state index contributed by atoms with van der Waals surface area (Å²) in [7, 11) is 0. The average Bonchev–Trinajstić information content (AvgIpc) is 3.40. The minimum absolute atomic E-state index is 0.0550. The molecule has 0 bridgehead atoms. The number of aliphatic hydroxyl groups is 1. The molecule has 1 fully saturated rings. The van der Waals surface area contributed by atoms with Crippen LogP contribution in [-0.4, -0.2) is 36.8 Å². The van der Waals surface area contributed by atoms with Gasteiger partial charge in [-0.1, -0.05) is 60.7 Å². The first kappa shape index (κ1) is 20.4. The fourth-order valence-corrected chi connectivity index (χ4v) is 4.15. The number of nitrogen functional groups attached to an aromatic ring is 1. The maximum absolute atomic E-state index is 10.7. The molecule has 164 valence electrons. The molecule has 8 heteroatoms. The van der Waals surface area contributed by atoms with Gasteiger partial charge in [0.25, 0.3) is 0 Å². The van der Waals surface area contributed by atoms with Crippen LogP contribution >= 0.6 is 0 Å². The standard InChI is InChI=1S/C24H25N5O3/c25-24-27-22-21(23(28-24)32-14-17-9-5-2-6-10-17)26-15-29(22)19-11-18(12-20(19)30)31-13-16-7-3-1-4-8-16/h1-10,15,18-20,30H,11-14H2,(H2,25,27,28). The van der Waals surface area contributed by atoms with Crippen molar-refractivity contribution >= 4 is 17.1 Å². The minimum atomic E-state index is -0.571. The van der Waals surface area contributed by atoms with Gasteiger partial charge in [-0.2, -0.15) is 9.97 Å². The Balaban J connectivity index is 1.33. The van der Waals surface area contributed by atoms with Crippen molar-refractivity contribution in [3.63, 3.8) is 0 Å². The fourth-order valence-electron chi connectivity index (χ4n) is 4.15. The number of imidazole rings is 1. The molecule has 0 amide bonds. The third-order valence-corrected chi connectivity index (χ3v) is 5.76. The molecular formula is C24H25N5O3. The molecule has 3 N–H and O–H groups in total. The summed E-state index contributed by atoms with van der Waals surface area (Å²) in [6.45, 7) is 0.864. The van der Waals surface area contributed by atoms with Crippen molar-refractivity contribution < 1.29 is 14.6 Å². The van der Waals surface area contributed by atoms with Gasteiger partial charge in [0.05, 0.1) is 31.2 Å². The van der Waals surface area contributed by atoms with E-state index >= 15 is 0 Å². The fraction of sp³-hybridized carbons (Fsp3) is 0.292. The van der Waals surface area contributed by atoms with Gasteiger partial charge in [0, 0.05) is 6.42 Å². The van der Waals surface area contributed by atoms with Gasteiger partial charge in [-0.3, -0.25) is 0 Å². The lowest BCUT2D eigenvalue weighted by Crippen LogP contribution is -2.18. The third kappa shape index (κ3) is 4.28. The highest BCUT2D eigenvalue weighted by atomic mass is 16.5. The van der Waals surface area contributed by atoms with Crippen molar-refractivity contribution in [1.82, 2.24) is 19.5 Å². The first-order valence-corrected chi connectivity index (χ1v) is 10.7. The Hall–Kier alpha value is -3.49. The van der Waals surface area contributed by atoms with E-state index in [9.17, 15) is 5.11 Å². The van der Waals surface area contributed by atoms with E-state index in [1.165, 1.54) is 0 Å². The topological polar surface area (TPSA) is 108 Å². The SMILES string of the molecule is Nc1nc(OCc2ccccc2)c2ncn(C3CC(OCc4ccccc4)CC3O)c2n1. The highest BCUT2D eigenvalue weighted by molar-refractivity contribution is 5.77. The maximum atomic E-state index is 10.7. The number of hydrogen-bond acceptors (Lipinski definition) is 7. The molecule has 4 aromatic rings. The Bertz CT molecular complexity index is 1180. The molecule has 0 spiro atoms. The molecule has 5 rings (SSSR count). The van der Waals surface area contributed by atoms with Crippen LogP contribution in [0.15, 0.2) is 67.0 Å². The van der Waals surface area contributed by atoms with E-state index in [-0.39, 0.29) is 18.1 Å². The van der Waals surface area contributed by atoms with Crippen LogP contribution in [0.4, 0.5) is 5.95 Å². The normalized spacial score (nSPS) is 20.6. The van der Waals surface area contributed by atoms with Gasteiger partial charge in [0.2, 0.25) is 11.8 Å². The van der Waals surface area contributed by atoms with E-state index in [0.717, 1.165) is 11.1 Å². The van der Waals surface area contributed by atoms with Crippen molar-refractivity contribution in [2.24, 2.45) is 0 Å². The number of anilines is 1. The number of rotatable bonds is 7. The monoisotopic (exact) mass is 431 g/mol. The molecule has 8 nitrogen and oxygen atoms in total. The lowest BCUT2D eigenvalue weighted by molar-refractivity contribution is 0.0357. The van der Waals surface area contributed by atoms with Gasteiger partial charge in [-0.25, -0.2) is 4.98 Å². The number of nitrogens with zero attached hydrogens (tertiary/aromatic N) is 4.